The van der Waals surface area contributed by atoms with Crippen molar-refractivity contribution in [1.82, 2.24) is 0 Å². The number of hydrogen-bond acceptors (Lipinski definition) is 5. The maximum atomic E-state index is 11.6. The second kappa shape index (κ2) is 6.20. The van der Waals surface area contributed by atoms with E-state index in [-0.39, 0.29) is 18.0 Å². The van der Waals surface area contributed by atoms with Crippen LogP contribution in [0.3, 0.4) is 0 Å². The zero-order chi connectivity index (χ0) is 19.3. The number of anilines is 1. The van der Waals surface area contributed by atoms with E-state index >= 15 is 0 Å². The molecule has 0 aromatic heterocycles. The molecule has 3 heterocycles. The number of carbonyl (C=O) groups is 3. The fraction of sp³-hybridized carbons (Fsp3) is 0.136. The molecular formula is C22H15NO5. The van der Waals surface area contributed by atoms with Gasteiger partial charge in [-0.3, -0.25) is 4.79 Å². The van der Waals surface area contributed by atoms with Crippen molar-refractivity contribution in [2.45, 2.75) is 18.6 Å². The SMILES string of the molecule is O=C1C=C2c3ccccc3CC2O1.O=C1C=C2c3ccccc3NC(=O)C2O1. The third-order valence-electron chi connectivity index (χ3n) is 5.14. The van der Waals surface area contributed by atoms with Crippen LogP contribution in [0.2, 0.25) is 0 Å². The summed E-state index contributed by atoms with van der Waals surface area (Å²) in [5.74, 6) is -0.942. The van der Waals surface area contributed by atoms with Crippen LogP contribution in [0.5, 0.6) is 0 Å². The minimum atomic E-state index is -0.771. The summed E-state index contributed by atoms with van der Waals surface area (Å²) in [6.45, 7) is 0. The van der Waals surface area contributed by atoms with E-state index in [2.05, 4.69) is 11.4 Å². The summed E-state index contributed by atoms with van der Waals surface area (Å²) in [4.78, 5) is 33.6. The highest BCUT2D eigenvalue weighted by Crippen LogP contribution is 2.37. The lowest BCUT2D eigenvalue weighted by Crippen LogP contribution is -2.33. The Hall–Kier alpha value is -3.67. The number of esters is 2. The Morgan fingerprint density at radius 3 is 2.32 bits per heavy atom. The molecule has 1 aliphatic carbocycles. The van der Waals surface area contributed by atoms with Gasteiger partial charge in [-0.15, -0.1) is 0 Å². The number of nitrogens with one attached hydrogen (secondary N) is 1. The predicted octanol–water partition coefficient (Wildman–Crippen LogP) is 2.50. The van der Waals surface area contributed by atoms with Crippen LogP contribution in [0.1, 0.15) is 16.7 Å². The highest BCUT2D eigenvalue weighted by Gasteiger charge is 2.38. The van der Waals surface area contributed by atoms with Gasteiger partial charge in [-0.2, -0.15) is 0 Å². The molecule has 28 heavy (non-hydrogen) atoms. The Balaban J connectivity index is 0.000000123. The second-order valence-corrected chi connectivity index (χ2v) is 6.84. The van der Waals surface area contributed by atoms with Gasteiger partial charge in [0.25, 0.3) is 5.91 Å². The Kier molecular flexibility index (Phi) is 3.65. The van der Waals surface area contributed by atoms with Gasteiger partial charge in [-0.25, -0.2) is 9.59 Å². The van der Waals surface area contributed by atoms with Gasteiger partial charge in [-0.05, 0) is 17.2 Å². The van der Waals surface area contributed by atoms with E-state index in [1.165, 1.54) is 17.2 Å². The smallest absolute Gasteiger partial charge is 0.332 e. The standard InChI is InChI=1S/C11H7NO3.C11H8O2/c13-9-5-7-6-3-1-2-4-8(6)12-11(14)10(7)15-9;12-11-6-9-8-4-2-1-3-7(8)5-10(9)13-11/h1-5,10H,(H,12,14);1-4,6,10H,5H2. The van der Waals surface area contributed by atoms with Crippen LogP contribution in [0.15, 0.2) is 60.7 Å². The van der Waals surface area contributed by atoms with Crippen LogP contribution in [0.25, 0.3) is 11.1 Å². The van der Waals surface area contributed by atoms with Crippen LogP contribution in [0, 0.1) is 0 Å². The van der Waals surface area contributed by atoms with Gasteiger partial charge in [0.15, 0.2) is 0 Å². The quantitative estimate of drug-likeness (QED) is 0.718. The lowest BCUT2D eigenvalue weighted by Gasteiger charge is -2.22. The van der Waals surface area contributed by atoms with Crippen molar-refractivity contribution in [2.75, 3.05) is 5.32 Å². The molecule has 2 aromatic rings. The highest BCUT2D eigenvalue weighted by atomic mass is 16.6. The molecule has 6 nitrogen and oxygen atoms in total. The maximum Gasteiger partial charge on any atom is 0.332 e. The normalized spacial score (nSPS) is 22.9. The second-order valence-electron chi connectivity index (χ2n) is 6.84. The molecule has 2 aromatic carbocycles. The Morgan fingerprint density at radius 2 is 1.46 bits per heavy atom. The molecule has 0 radical (unpaired) electrons. The first-order chi connectivity index (χ1) is 13.6. The summed E-state index contributed by atoms with van der Waals surface area (Å²) < 4.78 is 10.0. The summed E-state index contributed by atoms with van der Waals surface area (Å²) in [5.41, 5.74) is 5.75. The largest absolute Gasteiger partial charge is 0.454 e. The van der Waals surface area contributed by atoms with Crippen LogP contribution < -0.4 is 5.32 Å². The molecule has 0 saturated carbocycles. The topological polar surface area (TPSA) is 81.7 Å². The molecule has 4 aliphatic rings. The zero-order valence-corrected chi connectivity index (χ0v) is 14.7. The average molecular weight is 373 g/mol. The molecule has 2 atom stereocenters. The fourth-order valence-corrected chi connectivity index (χ4v) is 3.91. The number of fused-ring (bicyclic) bond motifs is 6. The van der Waals surface area contributed by atoms with E-state index in [0.717, 1.165) is 23.2 Å². The first-order valence-electron chi connectivity index (χ1n) is 8.93. The molecule has 6 heteroatoms. The Bertz CT molecular complexity index is 1100. The third kappa shape index (κ3) is 2.62. The van der Waals surface area contributed by atoms with Crippen molar-refractivity contribution >= 4 is 34.7 Å². The number of rotatable bonds is 0. The summed E-state index contributed by atoms with van der Waals surface area (Å²) in [7, 11) is 0. The molecular weight excluding hydrogens is 358 g/mol. The lowest BCUT2D eigenvalue weighted by molar-refractivity contribution is -0.144. The maximum absolute atomic E-state index is 11.6. The predicted molar refractivity (Wildman–Crippen MR) is 101 cm³/mol. The molecule has 6 rings (SSSR count). The number of benzene rings is 2. The Morgan fingerprint density at radius 1 is 0.786 bits per heavy atom. The fourth-order valence-electron chi connectivity index (χ4n) is 3.91. The molecule has 0 spiro atoms. The molecule has 0 bridgehead atoms. The van der Waals surface area contributed by atoms with Crippen molar-refractivity contribution in [3.8, 4) is 0 Å². The molecule has 138 valence electrons. The van der Waals surface area contributed by atoms with Crippen LogP contribution >= 0.6 is 0 Å². The van der Waals surface area contributed by atoms with Gasteiger partial charge >= 0.3 is 11.9 Å². The van der Waals surface area contributed by atoms with Gasteiger partial charge in [0.05, 0.1) is 0 Å². The summed E-state index contributed by atoms with van der Waals surface area (Å²) in [5, 5.41) is 2.69. The van der Waals surface area contributed by atoms with Gasteiger partial charge in [-0.1, -0.05) is 42.5 Å². The minimum absolute atomic E-state index is 0.00935. The highest BCUT2D eigenvalue weighted by molar-refractivity contribution is 6.15. The van der Waals surface area contributed by atoms with Gasteiger partial charge in [0.2, 0.25) is 6.10 Å². The van der Waals surface area contributed by atoms with Gasteiger partial charge in [0.1, 0.15) is 6.10 Å². The van der Waals surface area contributed by atoms with Crippen molar-refractivity contribution in [3.63, 3.8) is 0 Å². The first-order valence-corrected chi connectivity index (χ1v) is 8.93. The number of hydrogen-bond donors (Lipinski definition) is 1. The number of amides is 1. The number of carbonyl (C=O) groups excluding carboxylic acids is 3. The van der Waals surface area contributed by atoms with Crippen molar-refractivity contribution in [3.05, 3.63) is 77.4 Å². The van der Waals surface area contributed by atoms with Crippen LogP contribution in [-0.4, -0.2) is 30.1 Å². The monoisotopic (exact) mass is 373 g/mol. The van der Waals surface area contributed by atoms with Crippen LogP contribution in [0.4, 0.5) is 5.69 Å². The average Bonchev–Trinajstić information content (AvgIpc) is 3.34. The molecule has 2 unspecified atom stereocenters. The Labute approximate surface area is 160 Å². The molecule has 3 aliphatic heterocycles. The number of para-hydroxylation sites is 1. The van der Waals surface area contributed by atoms with E-state index in [0.29, 0.717) is 5.57 Å². The van der Waals surface area contributed by atoms with Crippen molar-refractivity contribution in [2.24, 2.45) is 0 Å². The molecule has 0 saturated heterocycles. The van der Waals surface area contributed by atoms with E-state index < -0.39 is 12.1 Å². The van der Waals surface area contributed by atoms with E-state index in [9.17, 15) is 14.4 Å². The number of ether oxygens (including phenoxy) is 2. The summed E-state index contributed by atoms with van der Waals surface area (Å²) in [6, 6.07) is 15.5. The summed E-state index contributed by atoms with van der Waals surface area (Å²) in [6.07, 6.45) is 3.05. The third-order valence-corrected chi connectivity index (χ3v) is 5.14. The molecule has 0 fully saturated rings. The van der Waals surface area contributed by atoms with E-state index in [1.807, 2.05) is 36.4 Å². The molecule has 1 N–H and O–H groups in total. The van der Waals surface area contributed by atoms with Gasteiger partial charge in [0, 0.05) is 41.0 Å². The minimum Gasteiger partial charge on any atom is -0.454 e. The van der Waals surface area contributed by atoms with E-state index in [1.54, 1.807) is 12.1 Å². The molecule has 1 amide bonds. The van der Waals surface area contributed by atoms with Crippen molar-refractivity contribution < 1.29 is 23.9 Å². The van der Waals surface area contributed by atoms with E-state index in [4.69, 9.17) is 9.47 Å². The summed E-state index contributed by atoms with van der Waals surface area (Å²) >= 11 is 0. The van der Waals surface area contributed by atoms with Crippen LogP contribution in [-0.2, 0) is 30.3 Å². The van der Waals surface area contributed by atoms with Gasteiger partial charge < -0.3 is 14.8 Å². The van der Waals surface area contributed by atoms with Crippen molar-refractivity contribution in [1.29, 1.82) is 0 Å². The lowest BCUT2D eigenvalue weighted by atomic mass is 9.95. The first kappa shape index (κ1) is 16.5. The zero-order valence-electron chi connectivity index (χ0n) is 14.7.